The molecule has 1 amide bonds. The SMILES string of the molecule is O=C(OCC=CCc1cccc(O)c1)N(Cc1ccccc1)c1ccccc1. The maximum atomic E-state index is 12.7. The van der Waals surface area contributed by atoms with E-state index in [9.17, 15) is 9.90 Å². The molecule has 0 aliphatic carbocycles. The molecule has 0 fully saturated rings. The Bertz CT molecular complexity index is 907. The molecule has 0 radical (unpaired) electrons. The first-order chi connectivity index (χ1) is 13.7. The van der Waals surface area contributed by atoms with Crippen LogP contribution < -0.4 is 4.90 Å². The minimum absolute atomic E-state index is 0.190. The maximum Gasteiger partial charge on any atom is 0.414 e. The van der Waals surface area contributed by atoms with Crippen molar-refractivity contribution in [3.63, 3.8) is 0 Å². The van der Waals surface area contributed by atoms with Crippen LogP contribution in [-0.4, -0.2) is 17.8 Å². The molecule has 0 unspecified atom stereocenters. The Hall–Kier alpha value is -3.53. The number of ether oxygens (including phenoxy) is 1. The number of hydrogen-bond acceptors (Lipinski definition) is 3. The molecule has 1 N–H and O–H groups in total. The first kappa shape index (κ1) is 19.2. The van der Waals surface area contributed by atoms with Crippen molar-refractivity contribution in [3.8, 4) is 5.75 Å². The van der Waals surface area contributed by atoms with E-state index in [2.05, 4.69) is 0 Å². The summed E-state index contributed by atoms with van der Waals surface area (Å²) >= 11 is 0. The summed E-state index contributed by atoms with van der Waals surface area (Å²) in [7, 11) is 0. The molecule has 3 rings (SSSR count). The highest BCUT2D eigenvalue weighted by atomic mass is 16.6. The lowest BCUT2D eigenvalue weighted by molar-refractivity contribution is 0.165. The molecular formula is C24H23NO3. The van der Waals surface area contributed by atoms with Crippen LogP contribution >= 0.6 is 0 Å². The Morgan fingerprint density at radius 1 is 0.857 bits per heavy atom. The number of phenolic OH excluding ortho intramolecular Hbond substituents is 1. The maximum absolute atomic E-state index is 12.7. The lowest BCUT2D eigenvalue weighted by Gasteiger charge is -2.22. The van der Waals surface area contributed by atoms with E-state index in [1.807, 2.05) is 78.9 Å². The molecule has 3 aromatic carbocycles. The van der Waals surface area contributed by atoms with E-state index in [-0.39, 0.29) is 12.4 Å². The van der Waals surface area contributed by atoms with Crippen LogP contribution in [0.4, 0.5) is 10.5 Å². The van der Waals surface area contributed by atoms with E-state index in [4.69, 9.17) is 4.74 Å². The van der Waals surface area contributed by atoms with Crippen molar-refractivity contribution in [2.45, 2.75) is 13.0 Å². The first-order valence-electron chi connectivity index (χ1n) is 9.18. The van der Waals surface area contributed by atoms with Crippen LogP contribution in [0.5, 0.6) is 5.75 Å². The lowest BCUT2D eigenvalue weighted by Crippen LogP contribution is -2.31. The number of rotatable bonds is 7. The van der Waals surface area contributed by atoms with E-state index in [0.717, 1.165) is 16.8 Å². The van der Waals surface area contributed by atoms with Crippen LogP contribution in [0.1, 0.15) is 11.1 Å². The molecule has 0 aromatic heterocycles. The highest BCUT2D eigenvalue weighted by Crippen LogP contribution is 2.18. The molecule has 0 aliphatic heterocycles. The fraction of sp³-hybridized carbons (Fsp3) is 0.125. The van der Waals surface area contributed by atoms with Crippen LogP contribution in [-0.2, 0) is 17.7 Å². The molecule has 0 spiro atoms. The molecule has 0 heterocycles. The van der Waals surface area contributed by atoms with Crippen molar-refractivity contribution < 1.29 is 14.6 Å². The largest absolute Gasteiger partial charge is 0.508 e. The third kappa shape index (κ3) is 5.74. The van der Waals surface area contributed by atoms with Crippen molar-refractivity contribution in [2.75, 3.05) is 11.5 Å². The van der Waals surface area contributed by atoms with Gasteiger partial charge in [-0.15, -0.1) is 0 Å². The summed E-state index contributed by atoms with van der Waals surface area (Å²) in [6.07, 6.45) is 4.01. The van der Waals surface area contributed by atoms with Crippen LogP contribution in [0.3, 0.4) is 0 Å². The third-order valence-electron chi connectivity index (χ3n) is 4.21. The molecule has 4 heteroatoms. The number of para-hydroxylation sites is 1. The van der Waals surface area contributed by atoms with E-state index in [0.29, 0.717) is 13.0 Å². The minimum atomic E-state index is -0.392. The Morgan fingerprint density at radius 3 is 2.25 bits per heavy atom. The zero-order valence-corrected chi connectivity index (χ0v) is 15.6. The van der Waals surface area contributed by atoms with Crippen molar-refractivity contribution in [2.24, 2.45) is 0 Å². The van der Waals surface area contributed by atoms with Gasteiger partial charge in [0.25, 0.3) is 0 Å². The van der Waals surface area contributed by atoms with Gasteiger partial charge >= 0.3 is 6.09 Å². The summed E-state index contributed by atoms with van der Waals surface area (Å²) in [5.74, 6) is 0.247. The molecule has 4 nitrogen and oxygen atoms in total. The summed E-state index contributed by atoms with van der Waals surface area (Å²) < 4.78 is 5.44. The monoisotopic (exact) mass is 373 g/mol. The molecule has 0 aliphatic rings. The van der Waals surface area contributed by atoms with Gasteiger partial charge in [-0.05, 0) is 41.8 Å². The van der Waals surface area contributed by atoms with Gasteiger partial charge in [-0.2, -0.15) is 0 Å². The van der Waals surface area contributed by atoms with Gasteiger partial charge in [0.1, 0.15) is 12.4 Å². The van der Waals surface area contributed by atoms with Gasteiger partial charge in [-0.3, -0.25) is 4.90 Å². The number of aromatic hydroxyl groups is 1. The number of hydrogen-bond donors (Lipinski definition) is 1. The Kier molecular flexibility index (Phi) is 6.85. The molecule has 0 saturated carbocycles. The number of benzene rings is 3. The summed E-state index contributed by atoms with van der Waals surface area (Å²) in [4.78, 5) is 14.3. The summed E-state index contributed by atoms with van der Waals surface area (Å²) in [5.41, 5.74) is 2.82. The van der Waals surface area contributed by atoms with Crippen molar-refractivity contribution >= 4 is 11.8 Å². The summed E-state index contributed by atoms with van der Waals surface area (Å²) in [5, 5.41) is 9.48. The predicted octanol–water partition coefficient (Wildman–Crippen LogP) is 5.33. The quantitative estimate of drug-likeness (QED) is 0.569. The number of phenols is 1. The molecule has 3 aromatic rings. The highest BCUT2D eigenvalue weighted by Gasteiger charge is 2.17. The number of amides is 1. The van der Waals surface area contributed by atoms with Crippen LogP contribution in [0.2, 0.25) is 0 Å². The van der Waals surface area contributed by atoms with E-state index < -0.39 is 6.09 Å². The van der Waals surface area contributed by atoms with E-state index in [1.54, 1.807) is 23.1 Å². The second-order valence-corrected chi connectivity index (χ2v) is 6.33. The Balaban J connectivity index is 1.59. The van der Waals surface area contributed by atoms with E-state index in [1.165, 1.54) is 0 Å². The normalized spacial score (nSPS) is 10.7. The molecule has 0 bridgehead atoms. The van der Waals surface area contributed by atoms with Crippen LogP contribution in [0.25, 0.3) is 0 Å². The van der Waals surface area contributed by atoms with Crippen molar-refractivity contribution in [1.29, 1.82) is 0 Å². The van der Waals surface area contributed by atoms with Gasteiger partial charge in [0.05, 0.1) is 6.54 Å². The first-order valence-corrected chi connectivity index (χ1v) is 9.18. The number of nitrogens with zero attached hydrogens (tertiary/aromatic N) is 1. The number of carbonyl (C=O) groups excluding carboxylic acids is 1. The topological polar surface area (TPSA) is 49.8 Å². The fourth-order valence-corrected chi connectivity index (χ4v) is 2.80. The van der Waals surface area contributed by atoms with Gasteiger partial charge in [-0.25, -0.2) is 4.79 Å². The average Bonchev–Trinajstić information content (AvgIpc) is 2.73. The predicted molar refractivity (Wildman–Crippen MR) is 111 cm³/mol. The third-order valence-corrected chi connectivity index (χ3v) is 4.21. The van der Waals surface area contributed by atoms with Gasteiger partial charge in [0, 0.05) is 5.69 Å². The lowest BCUT2D eigenvalue weighted by atomic mass is 10.1. The van der Waals surface area contributed by atoms with Gasteiger partial charge in [0.15, 0.2) is 0 Å². The van der Waals surface area contributed by atoms with Gasteiger partial charge < -0.3 is 9.84 Å². The molecule has 28 heavy (non-hydrogen) atoms. The standard InChI is InChI=1S/C24H23NO3/c26-23-16-9-13-20(18-23)10-7-8-17-28-24(27)25(22-14-5-2-6-15-22)19-21-11-3-1-4-12-21/h1-9,11-16,18,26H,10,17,19H2. The van der Waals surface area contributed by atoms with Crippen LogP contribution in [0, 0.1) is 0 Å². The number of allylic oxidation sites excluding steroid dienone is 1. The molecular weight excluding hydrogens is 350 g/mol. The van der Waals surface area contributed by atoms with Crippen molar-refractivity contribution in [1.82, 2.24) is 0 Å². The zero-order valence-electron chi connectivity index (χ0n) is 15.6. The zero-order chi connectivity index (χ0) is 19.6. The minimum Gasteiger partial charge on any atom is -0.508 e. The summed E-state index contributed by atoms with van der Waals surface area (Å²) in [6, 6.07) is 26.4. The number of carbonyl (C=O) groups is 1. The van der Waals surface area contributed by atoms with Crippen molar-refractivity contribution in [3.05, 3.63) is 108 Å². The fourth-order valence-electron chi connectivity index (χ4n) is 2.80. The highest BCUT2D eigenvalue weighted by molar-refractivity contribution is 5.87. The van der Waals surface area contributed by atoms with Crippen LogP contribution in [0.15, 0.2) is 97.1 Å². The molecule has 0 saturated heterocycles. The Labute approximate surface area is 165 Å². The van der Waals surface area contributed by atoms with E-state index >= 15 is 0 Å². The second-order valence-electron chi connectivity index (χ2n) is 6.33. The number of anilines is 1. The van der Waals surface area contributed by atoms with Gasteiger partial charge in [0.2, 0.25) is 0 Å². The molecule has 142 valence electrons. The smallest absolute Gasteiger partial charge is 0.414 e. The van der Waals surface area contributed by atoms with Gasteiger partial charge in [-0.1, -0.05) is 72.8 Å². The second kappa shape index (κ2) is 9.97. The molecule has 0 atom stereocenters. The summed E-state index contributed by atoms with van der Waals surface area (Å²) in [6.45, 7) is 0.631. The average molecular weight is 373 g/mol. The Morgan fingerprint density at radius 2 is 1.54 bits per heavy atom.